The molecule has 0 radical (unpaired) electrons. The maximum atomic E-state index is 12.6. The fourth-order valence-electron chi connectivity index (χ4n) is 0.993. The van der Waals surface area contributed by atoms with Crippen molar-refractivity contribution in [3.63, 3.8) is 0 Å². The number of ether oxygens (including phenoxy) is 1. The molecule has 0 bridgehead atoms. The average Bonchev–Trinajstić information content (AvgIpc) is 2.25. The van der Waals surface area contributed by atoms with Crippen LogP contribution < -0.4 is 4.74 Å². The molecule has 0 saturated carbocycles. The number of benzene rings is 1. The van der Waals surface area contributed by atoms with Crippen molar-refractivity contribution in [1.29, 1.82) is 0 Å². The number of halogens is 6. The average molecular weight is 289 g/mol. The van der Waals surface area contributed by atoms with E-state index in [-0.39, 0.29) is 16.9 Å². The normalized spacial score (nSPS) is 12.3. The highest BCUT2D eigenvalue weighted by Gasteiger charge is 2.58. The van der Waals surface area contributed by atoms with Gasteiger partial charge in [-0.2, -0.15) is 22.0 Å². The van der Waals surface area contributed by atoms with Crippen molar-refractivity contribution in [2.24, 2.45) is 0 Å². The van der Waals surface area contributed by atoms with Crippen molar-refractivity contribution in [3.05, 3.63) is 28.8 Å². The summed E-state index contributed by atoms with van der Waals surface area (Å²) in [6.07, 6.45) is -5.46. The number of rotatable bonds is 4. The Morgan fingerprint density at radius 2 is 1.83 bits per heavy atom. The van der Waals surface area contributed by atoms with E-state index in [1.54, 1.807) is 0 Å². The van der Waals surface area contributed by atoms with Gasteiger partial charge in [0.2, 0.25) is 0 Å². The van der Waals surface area contributed by atoms with Crippen LogP contribution in [-0.4, -0.2) is 25.0 Å². The lowest BCUT2D eigenvalue weighted by Crippen LogP contribution is -2.41. The molecule has 0 heterocycles. The van der Waals surface area contributed by atoms with Gasteiger partial charge in [0.05, 0.1) is 5.56 Å². The third-order valence-electron chi connectivity index (χ3n) is 1.92. The standard InChI is InChI=1S/C10H6ClF5O2/c11-7-1-2-8(6(3-7)4-17)18-5-9(12,13)10(14,15)16/h1-4H,5H2. The Morgan fingerprint density at radius 3 is 2.33 bits per heavy atom. The van der Waals surface area contributed by atoms with Crippen LogP contribution in [0.1, 0.15) is 10.4 Å². The predicted molar refractivity (Wildman–Crippen MR) is 53.3 cm³/mol. The van der Waals surface area contributed by atoms with E-state index in [1.807, 2.05) is 0 Å². The molecular weight excluding hydrogens is 283 g/mol. The Hall–Kier alpha value is -1.37. The first-order chi connectivity index (χ1) is 8.17. The zero-order valence-corrected chi connectivity index (χ0v) is 9.36. The number of hydrogen-bond acceptors (Lipinski definition) is 2. The number of aldehydes is 1. The molecule has 0 N–H and O–H groups in total. The highest BCUT2D eigenvalue weighted by Crippen LogP contribution is 2.36. The van der Waals surface area contributed by atoms with Crippen molar-refractivity contribution in [2.45, 2.75) is 12.1 Å². The van der Waals surface area contributed by atoms with Crippen molar-refractivity contribution >= 4 is 17.9 Å². The van der Waals surface area contributed by atoms with Crippen LogP contribution in [0.3, 0.4) is 0 Å². The smallest absolute Gasteiger partial charge is 0.456 e. The van der Waals surface area contributed by atoms with Gasteiger partial charge in [-0.15, -0.1) is 0 Å². The van der Waals surface area contributed by atoms with Crippen LogP contribution in [0.5, 0.6) is 5.75 Å². The van der Waals surface area contributed by atoms with Gasteiger partial charge in [0.15, 0.2) is 12.9 Å². The van der Waals surface area contributed by atoms with E-state index in [0.29, 0.717) is 0 Å². The van der Waals surface area contributed by atoms with Crippen molar-refractivity contribution in [2.75, 3.05) is 6.61 Å². The molecule has 0 atom stereocenters. The summed E-state index contributed by atoms with van der Waals surface area (Å²) in [4.78, 5) is 10.6. The summed E-state index contributed by atoms with van der Waals surface area (Å²) in [5, 5.41) is 0.132. The molecule has 0 saturated heterocycles. The molecule has 1 rings (SSSR count). The number of hydrogen-bond donors (Lipinski definition) is 0. The molecule has 0 spiro atoms. The molecule has 0 aliphatic heterocycles. The molecule has 2 nitrogen and oxygen atoms in total. The lowest BCUT2D eigenvalue weighted by molar-refractivity contribution is -0.290. The van der Waals surface area contributed by atoms with Crippen molar-refractivity contribution in [1.82, 2.24) is 0 Å². The molecule has 0 aromatic heterocycles. The van der Waals surface area contributed by atoms with Gasteiger partial charge < -0.3 is 4.74 Å². The van der Waals surface area contributed by atoms with Gasteiger partial charge in [-0.1, -0.05) is 11.6 Å². The van der Waals surface area contributed by atoms with Crippen LogP contribution in [0.15, 0.2) is 18.2 Å². The quantitative estimate of drug-likeness (QED) is 0.623. The second-order valence-electron chi connectivity index (χ2n) is 3.29. The lowest BCUT2D eigenvalue weighted by Gasteiger charge is -2.20. The fourth-order valence-corrected chi connectivity index (χ4v) is 1.17. The van der Waals surface area contributed by atoms with E-state index in [2.05, 4.69) is 4.74 Å². The zero-order chi connectivity index (χ0) is 14.0. The molecule has 100 valence electrons. The van der Waals surface area contributed by atoms with Crippen LogP contribution in [0.2, 0.25) is 5.02 Å². The van der Waals surface area contributed by atoms with Crippen molar-refractivity contribution in [3.8, 4) is 5.75 Å². The first kappa shape index (κ1) is 14.7. The maximum absolute atomic E-state index is 12.6. The third kappa shape index (κ3) is 3.32. The van der Waals surface area contributed by atoms with Crippen LogP contribution >= 0.6 is 11.6 Å². The Bertz CT molecular complexity index is 444. The summed E-state index contributed by atoms with van der Waals surface area (Å²) in [5.74, 6) is -5.38. The highest BCUT2D eigenvalue weighted by atomic mass is 35.5. The van der Waals surface area contributed by atoms with E-state index >= 15 is 0 Å². The van der Waals surface area contributed by atoms with E-state index in [0.717, 1.165) is 12.1 Å². The molecule has 1 aromatic carbocycles. The monoisotopic (exact) mass is 288 g/mol. The van der Waals surface area contributed by atoms with E-state index < -0.39 is 24.5 Å². The minimum Gasteiger partial charge on any atom is -0.486 e. The minimum absolute atomic E-state index is 0.132. The Kier molecular flexibility index (Phi) is 4.16. The van der Waals surface area contributed by atoms with Gasteiger partial charge in [0, 0.05) is 5.02 Å². The summed E-state index contributed by atoms with van der Waals surface area (Å²) < 4.78 is 65.0. The SMILES string of the molecule is O=Cc1cc(Cl)ccc1OCC(F)(F)C(F)(F)F. The molecule has 0 aliphatic rings. The van der Waals surface area contributed by atoms with Crippen molar-refractivity contribution < 1.29 is 31.5 Å². The van der Waals surface area contributed by atoms with Gasteiger partial charge in [-0.05, 0) is 18.2 Å². The number of carbonyl (C=O) groups excluding carboxylic acids is 1. The van der Waals surface area contributed by atoms with Gasteiger partial charge in [0.1, 0.15) is 5.75 Å². The Balaban J connectivity index is 2.84. The van der Waals surface area contributed by atoms with Gasteiger partial charge in [-0.25, -0.2) is 0 Å². The zero-order valence-electron chi connectivity index (χ0n) is 8.60. The second-order valence-corrected chi connectivity index (χ2v) is 3.73. The van der Waals surface area contributed by atoms with Gasteiger partial charge in [0.25, 0.3) is 0 Å². The second kappa shape index (κ2) is 5.09. The first-order valence-corrected chi connectivity index (χ1v) is 4.87. The first-order valence-electron chi connectivity index (χ1n) is 4.49. The van der Waals surface area contributed by atoms with Crippen LogP contribution in [0, 0.1) is 0 Å². The summed E-state index contributed by atoms with van der Waals surface area (Å²) in [6.45, 7) is -1.90. The molecule has 0 unspecified atom stereocenters. The van der Waals surface area contributed by atoms with E-state index in [9.17, 15) is 26.7 Å². The Labute approximate surface area is 103 Å². The predicted octanol–water partition coefficient (Wildman–Crippen LogP) is 3.73. The number of alkyl halides is 5. The summed E-state index contributed by atoms with van der Waals surface area (Å²) in [7, 11) is 0. The Morgan fingerprint density at radius 1 is 1.22 bits per heavy atom. The largest absolute Gasteiger partial charge is 0.486 e. The van der Waals surface area contributed by atoms with Gasteiger partial charge >= 0.3 is 12.1 Å². The van der Waals surface area contributed by atoms with E-state index in [1.165, 1.54) is 6.07 Å². The molecule has 0 aliphatic carbocycles. The summed E-state index contributed by atoms with van der Waals surface area (Å²) in [6, 6.07) is 3.34. The van der Waals surface area contributed by atoms with E-state index in [4.69, 9.17) is 11.6 Å². The number of carbonyl (C=O) groups is 1. The molecule has 0 amide bonds. The molecular formula is C10H6ClF5O2. The molecule has 1 aromatic rings. The van der Waals surface area contributed by atoms with Crippen LogP contribution in [0.4, 0.5) is 22.0 Å². The molecule has 18 heavy (non-hydrogen) atoms. The third-order valence-corrected chi connectivity index (χ3v) is 2.16. The summed E-state index contributed by atoms with van der Waals surface area (Å²) >= 11 is 5.52. The minimum atomic E-state index is -5.71. The maximum Gasteiger partial charge on any atom is 0.456 e. The van der Waals surface area contributed by atoms with Gasteiger partial charge in [-0.3, -0.25) is 4.79 Å². The van der Waals surface area contributed by atoms with Crippen LogP contribution in [-0.2, 0) is 0 Å². The molecule has 0 fully saturated rings. The topological polar surface area (TPSA) is 26.3 Å². The highest BCUT2D eigenvalue weighted by molar-refractivity contribution is 6.30. The lowest BCUT2D eigenvalue weighted by atomic mass is 10.2. The van der Waals surface area contributed by atoms with Crippen LogP contribution in [0.25, 0.3) is 0 Å². The molecule has 8 heteroatoms. The summed E-state index contributed by atoms with van der Waals surface area (Å²) in [5.41, 5.74) is -0.208. The fraction of sp³-hybridized carbons (Fsp3) is 0.300.